The molecule has 0 aliphatic carbocycles. The summed E-state index contributed by atoms with van der Waals surface area (Å²) in [5, 5.41) is 8.79. The van der Waals surface area contributed by atoms with Gasteiger partial charge in [-0.1, -0.05) is 23.1 Å². The predicted molar refractivity (Wildman–Crippen MR) is 52.7 cm³/mol. The van der Waals surface area contributed by atoms with Gasteiger partial charge in [-0.25, -0.2) is 0 Å². The van der Waals surface area contributed by atoms with E-state index in [0.29, 0.717) is 0 Å². The Labute approximate surface area is 83.5 Å². The van der Waals surface area contributed by atoms with Gasteiger partial charge in [0.25, 0.3) is 0 Å². The van der Waals surface area contributed by atoms with Crippen molar-refractivity contribution >= 4 is 23.1 Å². The van der Waals surface area contributed by atoms with Crippen molar-refractivity contribution in [1.29, 1.82) is 0 Å². The van der Waals surface area contributed by atoms with Gasteiger partial charge in [0.1, 0.15) is 5.69 Å². The summed E-state index contributed by atoms with van der Waals surface area (Å²) in [6.07, 6.45) is 6.95. The minimum Gasteiger partial charge on any atom is -0.261 e. The Balaban J connectivity index is 2.36. The molecule has 0 atom stereocenters. The van der Waals surface area contributed by atoms with Gasteiger partial charge in [-0.2, -0.15) is 0 Å². The fourth-order valence-corrected chi connectivity index (χ4v) is 2.04. The van der Waals surface area contributed by atoms with Gasteiger partial charge in [-0.05, 0) is 6.26 Å². The van der Waals surface area contributed by atoms with E-state index in [-0.39, 0.29) is 0 Å². The summed E-state index contributed by atoms with van der Waals surface area (Å²) in [5.41, 5.74) is 0.778. The number of aromatic nitrogens is 4. The quantitative estimate of drug-likeness (QED) is 0.706. The molecule has 4 nitrogen and oxygen atoms in total. The molecule has 2 heterocycles. The Bertz CT molecular complexity index is 386. The molecule has 0 bridgehead atoms. The van der Waals surface area contributed by atoms with Crippen LogP contribution in [0.4, 0.5) is 0 Å². The van der Waals surface area contributed by atoms with Gasteiger partial charge in [-0.15, -0.1) is 10.2 Å². The molecule has 0 fully saturated rings. The van der Waals surface area contributed by atoms with E-state index in [0.717, 1.165) is 15.0 Å². The van der Waals surface area contributed by atoms with Crippen LogP contribution in [0.1, 0.15) is 0 Å². The fourth-order valence-electron chi connectivity index (χ4n) is 0.805. The SMILES string of the molecule is CSc1nnc(-c2cnccn2)s1. The van der Waals surface area contributed by atoms with Gasteiger partial charge in [0.15, 0.2) is 9.35 Å². The number of rotatable bonds is 2. The summed E-state index contributed by atoms with van der Waals surface area (Å²) in [5.74, 6) is 0. The highest BCUT2D eigenvalue weighted by Gasteiger charge is 2.05. The number of nitrogens with zero attached hydrogens (tertiary/aromatic N) is 4. The molecule has 0 aromatic carbocycles. The molecular formula is C7H6N4S2. The standard InChI is InChI=1S/C7H6N4S2/c1-12-7-11-10-6(13-7)5-4-8-2-3-9-5/h2-4H,1H3. The molecule has 66 valence electrons. The van der Waals surface area contributed by atoms with Crippen LogP contribution < -0.4 is 0 Å². The molecule has 0 amide bonds. The lowest BCUT2D eigenvalue weighted by Gasteiger charge is -1.89. The van der Waals surface area contributed by atoms with Crippen LogP contribution >= 0.6 is 23.1 Å². The van der Waals surface area contributed by atoms with Gasteiger partial charge >= 0.3 is 0 Å². The molecule has 2 rings (SSSR count). The van der Waals surface area contributed by atoms with E-state index in [4.69, 9.17) is 0 Å². The van der Waals surface area contributed by atoms with Crippen molar-refractivity contribution in [3.8, 4) is 10.7 Å². The molecule has 6 heteroatoms. The zero-order valence-corrected chi connectivity index (χ0v) is 8.47. The van der Waals surface area contributed by atoms with Crippen molar-refractivity contribution in [2.75, 3.05) is 6.26 Å². The smallest absolute Gasteiger partial charge is 0.174 e. The van der Waals surface area contributed by atoms with Crippen LogP contribution in [0.15, 0.2) is 22.9 Å². The summed E-state index contributed by atoms with van der Waals surface area (Å²) in [7, 11) is 0. The number of hydrogen-bond donors (Lipinski definition) is 0. The van der Waals surface area contributed by atoms with Gasteiger partial charge in [0.2, 0.25) is 0 Å². The summed E-state index contributed by atoms with van der Waals surface area (Å²) < 4.78 is 0.945. The first kappa shape index (κ1) is 8.58. The second-order valence-electron chi connectivity index (χ2n) is 2.17. The second-order valence-corrected chi connectivity index (χ2v) is 4.20. The highest BCUT2D eigenvalue weighted by molar-refractivity contribution is 8.00. The van der Waals surface area contributed by atoms with Crippen LogP contribution in [0.3, 0.4) is 0 Å². The van der Waals surface area contributed by atoms with Crippen molar-refractivity contribution in [1.82, 2.24) is 20.2 Å². The van der Waals surface area contributed by atoms with Crippen molar-refractivity contribution in [2.24, 2.45) is 0 Å². The second kappa shape index (κ2) is 3.80. The van der Waals surface area contributed by atoms with E-state index >= 15 is 0 Å². The molecule has 0 saturated heterocycles. The third-order valence-corrected chi connectivity index (χ3v) is 3.28. The molecule has 0 saturated carbocycles. The Morgan fingerprint density at radius 2 is 2.23 bits per heavy atom. The summed E-state index contributed by atoms with van der Waals surface area (Å²) >= 11 is 3.11. The van der Waals surface area contributed by atoms with E-state index in [1.165, 1.54) is 11.3 Å². The van der Waals surface area contributed by atoms with Crippen molar-refractivity contribution in [3.63, 3.8) is 0 Å². The van der Waals surface area contributed by atoms with Crippen LogP contribution in [0.2, 0.25) is 0 Å². The first-order chi connectivity index (χ1) is 6.40. The number of hydrogen-bond acceptors (Lipinski definition) is 6. The van der Waals surface area contributed by atoms with Gasteiger partial charge in [-0.3, -0.25) is 9.97 Å². The molecule has 2 aromatic heterocycles. The van der Waals surface area contributed by atoms with E-state index in [1.54, 1.807) is 30.4 Å². The van der Waals surface area contributed by atoms with Crippen molar-refractivity contribution in [3.05, 3.63) is 18.6 Å². The molecule has 0 spiro atoms. The maximum absolute atomic E-state index is 4.13. The molecule has 0 N–H and O–H groups in total. The third-order valence-electron chi connectivity index (χ3n) is 1.36. The molecule has 0 radical (unpaired) electrons. The molecule has 2 aromatic rings. The predicted octanol–water partition coefficient (Wildman–Crippen LogP) is 1.72. The van der Waals surface area contributed by atoms with Gasteiger partial charge < -0.3 is 0 Å². The summed E-state index contributed by atoms with van der Waals surface area (Å²) in [4.78, 5) is 8.10. The minimum absolute atomic E-state index is 0.778. The van der Waals surface area contributed by atoms with Crippen LogP contribution in [0.25, 0.3) is 10.7 Å². The van der Waals surface area contributed by atoms with Crippen LogP contribution in [0.5, 0.6) is 0 Å². The Morgan fingerprint density at radius 1 is 1.31 bits per heavy atom. The molecule has 13 heavy (non-hydrogen) atoms. The largest absolute Gasteiger partial charge is 0.261 e. The first-order valence-electron chi connectivity index (χ1n) is 3.54. The van der Waals surface area contributed by atoms with E-state index in [2.05, 4.69) is 20.2 Å². The molecule has 0 unspecified atom stereocenters. The van der Waals surface area contributed by atoms with Gasteiger partial charge in [0.05, 0.1) is 6.20 Å². The lowest BCUT2D eigenvalue weighted by Crippen LogP contribution is -1.82. The number of thioether (sulfide) groups is 1. The van der Waals surface area contributed by atoms with Gasteiger partial charge in [0, 0.05) is 12.4 Å². The topological polar surface area (TPSA) is 51.6 Å². The molecule has 0 aliphatic rings. The highest BCUT2D eigenvalue weighted by Crippen LogP contribution is 2.25. The zero-order valence-electron chi connectivity index (χ0n) is 6.84. The van der Waals surface area contributed by atoms with E-state index < -0.39 is 0 Å². The normalized spacial score (nSPS) is 10.2. The highest BCUT2D eigenvalue weighted by atomic mass is 32.2. The van der Waals surface area contributed by atoms with Crippen molar-refractivity contribution < 1.29 is 0 Å². The average Bonchev–Trinajstić information content (AvgIpc) is 2.67. The maximum atomic E-state index is 4.13. The lowest BCUT2D eigenvalue weighted by molar-refractivity contribution is 1.01. The summed E-state index contributed by atoms with van der Waals surface area (Å²) in [6, 6.07) is 0. The van der Waals surface area contributed by atoms with Crippen LogP contribution in [0, 0.1) is 0 Å². The summed E-state index contributed by atoms with van der Waals surface area (Å²) in [6.45, 7) is 0. The average molecular weight is 210 g/mol. The van der Waals surface area contributed by atoms with Crippen LogP contribution in [-0.2, 0) is 0 Å². The van der Waals surface area contributed by atoms with E-state index in [1.807, 2.05) is 6.26 Å². The first-order valence-corrected chi connectivity index (χ1v) is 5.58. The zero-order chi connectivity index (χ0) is 9.10. The third kappa shape index (κ3) is 1.84. The Morgan fingerprint density at radius 3 is 2.85 bits per heavy atom. The maximum Gasteiger partial charge on any atom is 0.174 e. The van der Waals surface area contributed by atoms with Crippen molar-refractivity contribution in [2.45, 2.75) is 4.34 Å². The Hall–Kier alpha value is -1.01. The Kier molecular flexibility index (Phi) is 2.51. The molecular weight excluding hydrogens is 204 g/mol. The minimum atomic E-state index is 0.778. The van der Waals surface area contributed by atoms with Crippen LogP contribution in [-0.4, -0.2) is 26.4 Å². The fraction of sp³-hybridized carbons (Fsp3) is 0.143. The van der Waals surface area contributed by atoms with E-state index in [9.17, 15) is 0 Å². The monoisotopic (exact) mass is 210 g/mol. The molecule has 0 aliphatic heterocycles. The lowest BCUT2D eigenvalue weighted by atomic mass is 10.5.